The van der Waals surface area contributed by atoms with E-state index in [-0.39, 0.29) is 31.1 Å². The van der Waals surface area contributed by atoms with E-state index in [4.69, 9.17) is 0 Å². The van der Waals surface area contributed by atoms with Crippen molar-refractivity contribution in [2.24, 2.45) is 0 Å². The van der Waals surface area contributed by atoms with Gasteiger partial charge >= 0.3 is 6.03 Å². The maximum absolute atomic E-state index is 13.1. The molecule has 0 aromatic heterocycles. The van der Waals surface area contributed by atoms with Crippen LogP contribution in [0.1, 0.15) is 57.8 Å². The number of nitrogens with one attached hydrogen (secondary N) is 2. The summed E-state index contributed by atoms with van der Waals surface area (Å²) in [7, 11) is 0. The number of carbonyl (C=O) groups excluding carboxylic acids is 3. The van der Waals surface area contributed by atoms with Crippen molar-refractivity contribution in [1.82, 2.24) is 10.2 Å². The maximum Gasteiger partial charge on any atom is 0.328 e. The van der Waals surface area contributed by atoms with Gasteiger partial charge in [-0.15, -0.1) is 0 Å². The summed E-state index contributed by atoms with van der Waals surface area (Å²) in [6.07, 6.45) is 5.51. The van der Waals surface area contributed by atoms with Crippen LogP contribution >= 0.6 is 0 Å². The number of rotatable bonds is 10. The molecule has 4 amide bonds. The number of benzene rings is 1. The van der Waals surface area contributed by atoms with Gasteiger partial charge < -0.3 is 10.2 Å². The van der Waals surface area contributed by atoms with Crippen molar-refractivity contribution >= 4 is 29.2 Å². The van der Waals surface area contributed by atoms with Gasteiger partial charge in [0.25, 0.3) is 5.92 Å². The molecule has 0 atom stereocenters. The molecule has 2 aliphatic rings. The van der Waals surface area contributed by atoms with Crippen molar-refractivity contribution in [2.45, 2.75) is 63.7 Å². The van der Waals surface area contributed by atoms with Gasteiger partial charge in [0, 0.05) is 56.7 Å². The highest BCUT2D eigenvalue weighted by Crippen LogP contribution is 2.27. The molecule has 0 radical (unpaired) electrons. The Bertz CT molecular complexity index is 791. The zero-order chi connectivity index (χ0) is 23.0. The minimum Gasteiger partial charge on any atom is -0.326 e. The van der Waals surface area contributed by atoms with Gasteiger partial charge in [0.1, 0.15) is 0 Å². The molecule has 32 heavy (non-hydrogen) atoms. The van der Waals surface area contributed by atoms with Gasteiger partial charge in [-0.1, -0.05) is 19.3 Å². The fraction of sp³-hybridized carbons (Fsp3) is 0.609. The second kappa shape index (κ2) is 11.4. The highest BCUT2D eigenvalue weighted by molar-refractivity contribution is 6.05. The quantitative estimate of drug-likeness (QED) is 0.525. The third kappa shape index (κ3) is 7.55. The molecule has 0 spiro atoms. The molecule has 176 valence electrons. The molecular formula is C23H32F2N4O3. The minimum atomic E-state index is -2.48. The molecule has 2 heterocycles. The summed E-state index contributed by atoms with van der Waals surface area (Å²) in [5.41, 5.74) is 1.34. The normalized spacial score (nSPS) is 19.0. The Morgan fingerprint density at radius 2 is 1.62 bits per heavy atom. The predicted octanol–water partition coefficient (Wildman–Crippen LogP) is 4.14. The first kappa shape index (κ1) is 24.1. The highest BCUT2D eigenvalue weighted by atomic mass is 19.3. The molecule has 0 aliphatic carbocycles. The van der Waals surface area contributed by atoms with Crippen LogP contribution in [0.3, 0.4) is 0 Å². The van der Waals surface area contributed by atoms with E-state index in [0.29, 0.717) is 37.4 Å². The van der Waals surface area contributed by atoms with Gasteiger partial charge in [0.05, 0.1) is 0 Å². The highest BCUT2D eigenvalue weighted by Gasteiger charge is 2.33. The van der Waals surface area contributed by atoms with Crippen molar-refractivity contribution in [2.75, 3.05) is 36.4 Å². The number of likely N-dealkylation sites (tertiary alicyclic amines) is 1. The molecule has 0 bridgehead atoms. The number of halogens is 2. The van der Waals surface area contributed by atoms with Gasteiger partial charge in [0.2, 0.25) is 11.8 Å². The van der Waals surface area contributed by atoms with E-state index < -0.39 is 12.0 Å². The smallest absolute Gasteiger partial charge is 0.326 e. The van der Waals surface area contributed by atoms with Gasteiger partial charge in [-0.05, 0) is 43.7 Å². The molecule has 1 aromatic rings. The summed E-state index contributed by atoms with van der Waals surface area (Å²) in [6, 6.07) is 6.54. The van der Waals surface area contributed by atoms with E-state index in [0.717, 1.165) is 38.6 Å². The van der Waals surface area contributed by atoms with Crippen LogP contribution in [0.2, 0.25) is 0 Å². The first-order valence-electron chi connectivity index (χ1n) is 11.4. The second-order valence-corrected chi connectivity index (χ2v) is 8.57. The maximum atomic E-state index is 13.1. The molecule has 2 fully saturated rings. The van der Waals surface area contributed by atoms with Crippen LogP contribution in [-0.4, -0.2) is 54.8 Å². The lowest BCUT2D eigenvalue weighted by Crippen LogP contribution is -2.49. The van der Waals surface area contributed by atoms with Crippen LogP contribution in [-0.2, 0) is 9.59 Å². The molecule has 0 unspecified atom stereocenters. The lowest BCUT2D eigenvalue weighted by atomic mass is 10.1. The van der Waals surface area contributed by atoms with Crippen molar-refractivity contribution in [3.63, 3.8) is 0 Å². The first-order chi connectivity index (χ1) is 15.3. The zero-order valence-corrected chi connectivity index (χ0v) is 18.4. The molecular weight excluding hydrogens is 418 g/mol. The second-order valence-electron chi connectivity index (χ2n) is 8.57. The average Bonchev–Trinajstić information content (AvgIpc) is 2.75. The van der Waals surface area contributed by atoms with E-state index in [9.17, 15) is 23.2 Å². The van der Waals surface area contributed by atoms with Gasteiger partial charge in [0.15, 0.2) is 0 Å². The van der Waals surface area contributed by atoms with Crippen LogP contribution < -0.4 is 15.5 Å². The lowest BCUT2D eigenvalue weighted by molar-refractivity contribution is -0.120. The third-order valence-electron chi connectivity index (χ3n) is 5.98. The molecule has 9 heteroatoms. The minimum absolute atomic E-state index is 0.0283. The van der Waals surface area contributed by atoms with Crippen LogP contribution in [0.25, 0.3) is 0 Å². The lowest BCUT2D eigenvalue weighted by Gasteiger charge is -2.31. The fourth-order valence-corrected chi connectivity index (χ4v) is 4.01. The van der Waals surface area contributed by atoms with E-state index in [1.165, 1.54) is 4.90 Å². The Hall–Kier alpha value is -2.55. The Labute approximate surface area is 187 Å². The number of alkyl halides is 2. The number of urea groups is 1. The topological polar surface area (TPSA) is 81.8 Å². The SMILES string of the molecule is O=C1CCN(c2ccc(NC(=O)CCCCCCCN3CCC(F)(F)CC3)cc2)C(=O)N1. The van der Waals surface area contributed by atoms with Crippen LogP contribution in [0.5, 0.6) is 0 Å². The van der Waals surface area contributed by atoms with E-state index in [2.05, 4.69) is 15.5 Å². The van der Waals surface area contributed by atoms with Gasteiger partial charge in [-0.2, -0.15) is 0 Å². The number of nitrogens with zero attached hydrogens (tertiary/aromatic N) is 2. The summed E-state index contributed by atoms with van der Waals surface area (Å²) >= 11 is 0. The predicted molar refractivity (Wildman–Crippen MR) is 119 cm³/mol. The van der Waals surface area contributed by atoms with Crippen LogP contribution in [0.4, 0.5) is 25.0 Å². The third-order valence-corrected chi connectivity index (χ3v) is 5.98. The summed E-state index contributed by atoms with van der Waals surface area (Å²) in [5, 5.41) is 5.15. The molecule has 7 nitrogen and oxygen atoms in total. The summed E-state index contributed by atoms with van der Waals surface area (Å²) in [4.78, 5) is 38.9. The van der Waals surface area contributed by atoms with Gasteiger partial charge in [-0.25, -0.2) is 13.6 Å². The van der Waals surface area contributed by atoms with Crippen molar-refractivity contribution in [1.29, 1.82) is 0 Å². The largest absolute Gasteiger partial charge is 0.328 e. The molecule has 2 saturated heterocycles. The summed E-state index contributed by atoms with van der Waals surface area (Å²) in [5.74, 6) is -2.80. The van der Waals surface area contributed by atoms with Crippen molar-refractivity contribution in [3.05, 3.63) is 24.3 Å². The number of imide groups is 1. The average molecular weight is 451 g/mol. The Balaban J connectivity index is 1.25. The fourth-order valence-electron chi connectivity index (χ4n) is 4.01. The number of piperidine rings is 1. The number of hydrogen-bond acceptors (Lipinski definition) is 4. The standard InChI is InChI=1S/C23H32F2N4O3/c24-23(25)12-16-28(17-13-23)14-5-3-1-2-4-6-20(30)26-18-7-9-19(10-8-18)29-15-11-21(31)27-22(29)32/h7-10H,1-6,11-17H2,(H,26,30)(H,27,31,32). The number of hydrogen-bond donors (Lipinski definition) is 2. The van der Waals surface area contributed by atoms with Gasteiger partial charge in [-0.3, -0.25) is 19.8 Å². The molecule has 3 rings (SSSR count). The Kier molecular flexibility index (Phi) is 8.55. The summed E-state index contributed by atoms with van der Waals surface area (Å²) < 4.78 is 26.3. The molecule has 1 aromatic carbocycles. The van der Waals surface area contributed by atoms with E-state index in [1.54, 1.807) is 24.3 Å². The Morgan fingerprint density at radius 1 is 0.969 bits per heavy atom. The van der Waals surface area contributed by atoms with Crippen molar-refractivity contribution in [3.8, 4) is 0 Å². The zero-order valence-electron chi connectivity index (χ0n) is 18.4. The summed E-state index contributed by atoms with van der Waals surface area (Å²) in [6.45, 7) is 2.18. The number of anilines is 2. The van der Waals surface area contributed by atoms with E-state index in [1.807, 2.05) is 0 Å². The monoisotopic (exact) mass is 450 g/mol. The Morgan fingerprint density at radius 3 is 2.31 bits per heavy atom. The van der Waals surface area contributed by atoms with E-state index >= 15 is 0 Å². The molecule has 0 saturated carbocycles. The molecule has 2 aliphatic heterocycles. The number of unbranched alkanes of at least 4 members (excludes halogenated alkanes) is 4. The first-order valence-corrected chi connectivity index (χ1v) is 11.4. The van der Waals surface area contributed by atoms with Crippen LogP contribution in [0.15, 0.2) is 24.3 Å². The number of carbonyl (C=O) groups is 3. The van der Waals surface area contributed by atoms with Crippen LogP contribution in [0, 0.1) is 0 Å². The van der Waals surface area contributed by atoms with Crippen molar-refractivity contribution < 1.29 is 23.2 Å². The molecule has 2 N–H and O–H groups in total. The number of amides is 4.